The second-order valence-electron chi connectivity index (χ2n) is 5.03. The van der Waals surface area contributed by atoms with E-state index in [1.807, 2.05) is 6.92 Å². The van der Waals surface area contributed by atoms with Crippen LogP contribution in [-0.4, -0.2) is 32.0 Å². The lowest BCUT2D eigenvalue weighted by atomic mass is 10.1. The van der Waals surface area contributed by atoms with Crippen molar-refractivity contribution in [2.45, 2.75) is 38.8 Å². The molecule has 0 radical (unpaired) electrons. The smallest absolute Gasteiger partial charge is 0.332 e. The van der Waals surface area contributed by atoms with E-state index in [0.29, 0.717) is 13.0 Å². The van der Waals surface area contributed by atoms with E-state index in [0.717, 1.165) is 11.0 Å². The van der Waals surface area contributed by atoms with E-state index in [1.165, 1.54) is 11.6 Å². The Balaban J connectivity index is 2.57. The van der Waals surface area contributed by atoms with Crippen molar-refractivity contribution in [3.63, 3.8) is 0 Å². The fourth-order valence-corrected chi connectivity index (χ4v) is 2.39. The van der Waals surface area contributed by atoms with Crippen molar-refractivity contribution in [2.75, 3.05) is 5.32 Å². The Bertz CT molecular complexity index is 716. The van der Waals surface area contributed by atoms with Crippen molar-refractivity contribution in [3.05, 3.63) is 26.4 Å². The first kappa shape index (κ1) is 15.0. The van der Waals surface area contributed by atoms with E-state index < -0.39 is 35.5 Å². The van der Waals surface area contributed by atoms with Crippen LogP contribution in [0.15, 0.2) is 9.59 Å². The predicted molar refractivity (Wildman–Crippen MR) is 74.8 cm³/mol. The first-order valence-corrected chi connectivity index (χ1v) is 6.74. The zero-order valence-corrected chi connectivity index (χ0v) is 11.9. The number of carboxylic acids is 1. The van der Waals surface area contributed by atoms with Crippen molar-refractivity contribution in [1.82, 2.24) is 9.13 Å². The quantitative estimate of drug-likeness (QED) is 0.778. The predicted octanol–water partition coefficient (Wildman–Crippen LogP) is -0.201. The Hall–Kier alpha value is -2.38. The van der Waals surface area contributed by atoms with Crippen molar-refractivity contribution in [1.29, 1.82) is 0 Å². The van der Waals surface area contributed by atoms with E-state index >= 15 is 0 Å². The van der Waals surface area contributed by atoms with Crippen LogP contribution in [0.5, 0.6) is 0 Å². The highest BCUT2D eigenvalue weighted by atomic mass is 16.4. The monoisotopic (exact) mass is 295 g/mol. The number of rotatable bonds is 5. The molecule has 0 saturated heterocycles. The number of anilines is 1. The summed E-state index contributed by atoms with van der Waals surface area (Å²) in [7, 11) is 1.31. The van der Waals surface area contributed by atoms with Crippen molar-refractivity contribution < 1.29 is 14.7 Å². The fraction of sp³-hybridized carbons (Fsp3) is 0.538. The van der Waals surface area contributed by atoms with E-state index in [2.05, 4.69) is 5.32 Å². The van der Waals surface area contributed by atoms with Gasteiger partial charge < -0.3 is 10.4 Å². The summed E-state index contributed by atoms with van der Waals surface area (Å²) in [5.74, 6) is -1.57. The van der Waals surface area contributed by atoms with Gasteiger partial charge in [0.2, 0.25) is 0 Å². The largest absolute Gasteiger partial charge is 0.481 e. The summed E-state index contributed by atoms with van der Waals surface area (Å²) in [6.07, 6.45) is 1.12. The lowest BCUT2D eigenvalue weighted by Gasteiger charge is -2.13. The minimum atomic E-state index is -1.15. The molecule has 0 saturated carbocycles. The van der Waals surface area contributed by atoms with Crippen LogP contribution in [0.25, 0.3) is 0 Å². The molecule has 0 spiro atoms. The summed E-state index contributed by atoms with van der Waals surface area (Å²) in [6.45, 7) is 2.32. The van der Waals surface area contributed by atoms with Crippen LogP contribution in [0.3, 0.4) is 0 Å². The minimum absolute atomic E-state index is 0.126. The molecule has 1 aromatic rings. The number of unbranched alkanes of at least 4 members (excludes halogenated alkanes) is 1. The molecule has 1 atom stereocenters. The van der Waals surface area contributed by atoms with Gasteiger partial charge in [0.05, 0.1) is 6.42 Å². The topological polar surface area (TPSA) is 110 Å². The molecule has 2 heterocycles. The van der Waals surface area contributed by atoms with Crippen LogP contribution in [0.4, 0.5) is 5.82 Å². The van der Waals surface area contributed by atoms with E-state index in [4.69, 9.17) is 5.11 Å². The van der Waals surface area contributed by atoms with Gasteiger partial charge in [-0.25, -0.2) is 4.79 Å². The average molecular weight is 295 g/mol. The molecule has 21 heavy (non-hydrogen) atoms. The number of Topliss-reactive ketones (excluding diaryl/α,β-unsaturated/α-hetero) is 1. The van der Waals surface area contributed by atoms with Gasteiger partial charge in [-0.2, -0.15) is 0 Å². The summed E-state index contributed by atoms with van der Waals surface area (Å²) in [5, 5.41) is 11.5. The number of fused-ring (bicyclic) bond motifs is 1. The second-order valence-corrected chi connectivity index (χ2v) is 5.03. The van der Waals surface area contributed by atoms with Gasteiger partial charge in [0.1, 0.15) is 17.4 Å². The molecule has 2 rings (SSSR count). The summed E-state index contributed by atoms with van der Waals surface area (Å²) in [6, 6.07) is -1.00. The number of carbonyl (C=O) groups excluding carboxylic acids is 1. The maximum atomic E-state index is 12.2. The molecule has 8 nitrogen and oxygen atoms in total. The third-order valence-corrected chi connectivity index (χ3v) is 3.53. The number of nitrogens with one attached hydrogen (secondary N) is 1. The molecule has 0 amide bonds. The highest BCUT2D eigenvalue weighted by Crippen LogP contribution is 2.23. The summed E-state index contributed by atoms with van der Waals surface area (Å²) in [5.41, 5.74) is -1.32. The first-order chi connectivity index (χ1) is 9.88. The van der Waals surface area contributed by atoms with Gasteiger partial charge >= 0.3 is 11.7 Å². The minimum Gasteiger partial charge on any atom is -0.481 e. The van der Waals surface area contributed by atoms with Crippen LogP contribution >= 0.6 is 0 Å². The zero-order chi connectivity index (χ0) is 15.7. The number of nitrogens with zero attached hydrogens (tertiary/aromatic N) is 2. The molecule has 0 unspecified atom stereocenters. The van der Waals surface area contributed by atoms with Gasteiger partial charge in [0.15, 0.2) is 5.78 Å². The van der Waals surface area contributed by atoms with Crippen LogP contribution < -0.4 is 16.6 Å². The van der Waals surface area contributed by atoms with Crippen LogP contribution in [0.2, 0.25) is 0 Å². The normalized spacial score (nSPS) is 16.7. The maximum absolute atomic E-state index is 12.2. The third-order valence-electron chi connectivity index (χ3n) is 3.53. The molecule has 1 aliphatic rings. The standard InChI is InChI=1S/C13H17N3O5/c1-3-4-5-16-11-9(12(20)15(2)13(16)21)10(19)7(14-11)6-8(17)18/h7,14H,3-6H2,1-2H3,(H,17,18)/t7-/m1/s1. The number of ketones is 1. The van der Waals surface area contributed by atoms with Gasteiger partial charge in [-0.1, -0.05) is 13.3 Å². The van der Waals surface area contributed by atoms with Crippen LogP contribution in [0.1, 0.15) is 36.5 Å². The highest BCUT2D eigenvalue weighted by molar-refractivity contribution is 6.10. The Morgan fingerprint density at radius 3 is 2.57 bits per heavy atom. The number of aliphatic carboxylic acids is 1. The number of carboxylic acid groups (broad SMARTS) is 1. The Morgan fingerprint density at radius 1 is 1.33 bits per heavy atom. The van der Waals surface area contributed by atoms with Gasteiger partial charge in [-0.05, 0) is 6.42 Å². The molecular weight excluding hydrogens is 278 g/mol. The maximum Gasteiger partial charge on any atom is 0.332 e. The lowest BCUT2D eigenvalue weighted by molar-refractivity contribution is -0.137. The van der Waals surface area contributed by atoms with E-state index in [9.17, 15) is 19.2 Å². The van der Waals surface area contributed by atoms with Crippen molar-refractivity contribution in [2.24, 2.45) is 7.05 Å². The number of hydrogen-bond donors (Lipinski definition) is 2. The van der Waals surface area contributed by atoms with Gasteiger partial charge in [-0.3, -0.25) is 23.5 Å². The third kappa shape index (κ3) is 2.48. The number of aromatic nitrogens is 2. The molecular formula is C13H17N3O5. The number of hydrogen-bond acceptors (Lipinski definition) is 5. The molecule has 0 aliphatic carbocycles. The SMILES string of the molecule is CCCCn1c2c(c(=O)n(C)c1=O)C(=O)[C@@H](CC(=O)O)N2. The Labute approximate surface area is 120 Å². The number of carbonyl (C=O) groups is 2. The summed E-state index contributed by atoms with van der Waals surface area (Å²) >= 11 is 0. The molecule has 114 valence electrons. The van der Waals surface area contributed by atoms with Crippen LogP contribution in [0, 0.1) is 0 Å². The molecule has 1 aliphatic heterocycles. The molecule has 0 bridgehead atoms. The lowest BCUT2D eigenvalue weighted by Crippen LogP contribution is -2.40. The zero-order valence-electron chi connectivity index (χ0n) is 11.9. The Kier molecular flexibility index (Phi) is 3.97. The average Bonchev–Trinajstić information content (AvgIpc) is 2.73. The Morgan fingerprint density at radius 2 is 2.00 bits per heavy atom. The van der Waals surface area contributed by atoms with Gasteiger partial charge in [0, 0.05) is 13.6 Å². The molecule has 8 heteroatoms. The molecule has 2 N–H and O–H groups in total. The first-order valence-electron chi connectivity index (χ1n) is 6.74. The van der Waals surface area contributed by atoms with Crippen molar-refractivity contribution in [3.8, 4) is 0 Å². The highest BCUT2D eigenvalue weighted by Gasteiger charge is 2.37. The van der Waals surface area contributed by atoms with Crippen LogP contribution in [-0.2, 0) is 18.4 Å². The fourth-order valence-electron chi connectivity index (χ4n) is 2.39. The van der Waals surface area contributed by atoms with E-state index in [1.54, 1.807) is 0 Å². The molecule has 0 aromatic carbocycles. The van der Waals surface area contributed by atoms with Gasteiger partial charge in [0.25, 0.3) is 5.56 Å². The second kappa shape index (κ2) is 5.55. The molecule has 1 aromatic heterocycles. The molecule has 0 fully saturated rings. The summed E-state index contributed by atoms with van der Waals surface area (Å²) in [4.78, 5) is 47.2. The summed E-state index contributed by atoms with van der Waals surface area (Å²) < 4.78 is 2.22. The van der Waals surface area contributed by atoms with Gasteiger partial charge in [-0.15, -0.1) is 0 Å². The van der Waals surface area contributed by atoms with Crippen molar-refractivity contribution >= 4 is 17.6 Å². The van der Waals surface area contributed by atoms with E-state index in [-0.39, 0.29) is 11.4 Å².